The largest absolute Gasteiger partial charge is 0.481 e. The molecule has 1 aliphatic carbocycles. The Labute approximate surface area is 109 Å². The van der Waals surface area contributed by atoms with Crippen molar-refractivity contribution in [1.82, 2.24) is 0 Å². The summed E-state index contributed by atoms with van der Waals surface area (Å²) in [6.07, 6.45) is 1.12. The Hall–Kier alpha value is -0.870. The molecule has 0 saturated heterocycles. The van der Waals surface area contributed by atoms with Crippen LogP contribution in [0.4, 0.5) is 0 Å². The van der Waals surface area contributed by atoms with Crippen LogP contribution < -0.4 is 0 Å². The number of carboxylic acid groups (broad SMARTS) is 1. The zero-order chi connectivity index (χ0) is 12.5. The van der Waals surface area contributed by atoms with Gasteiger partial charge < -0.3 is 9.84 Å². The van der Waals surface area contributed by atoms with Crippen LogP contribution in [0.2, 0.25) is 0 Å². The van der Waals surface area contributed by atoms with Crippen molar-refractivity contribution in [3.8, 4) is 0 Å². The Morgan fingerprint density at radius 1 is 1.59 bits per heavy atom. The normalized spacial score (nSPS) is 27.5. The molecule has 0 bridgehead atoms. The molecule has 92 valence electrons. The van der Waals surface area contributed by atoms with Crippen molar-refractivity contribution in [3.05, 3.63) is 34.3 Å². The fourth-order valence-corrected chi connectivity index (χ4v) is 2.80. The van der Waals surface area contributed by atoms with E-state index in [1.807, 2.05) is 31.2 Å². The monoisotopic (exact) mass is 298 g/mol. The van der Waals surface area contributed by atoms with Gasteiger partial charge in [-0.3, -0.25) is 4.79 Å². The first kappa shape index (κ1) is 12.6. The van der Waals surface area contributed by atoms with Crippen LogP contribution in [0.15, 0.2) is 28.7 Å². The first-order chi connectivity index (χ1) is 8.07. The molecule has 2 rings (SSSR count). The molecule has 3 nitrogen and oxygen atoms in total. The SMILES string of the molecule is CCOC1(c2cccc(Br)c2)CC(C(=O)O)C1. The van der Waals surface area contributed by atoms with E-state index in [1.54, 1.807) is 0 Å². The predicted molar refractivity (Wildman–Crippen MR) is 67.8 cm³/mol. The molecule has 0 aromatic heterocycles. The van der Waals surface area contributed by atoms with Crippen molar-refractivity contribution in [3.63, 3.8) is 0 Å². The summed E-state index contributed by atoms with van der Waals surface area (Å²) < 4.78 is 6.80. The maximum absolute atomic E-state index is 10.9. The van der Waals surface area contributed by atoms with Crippen molar-refractivity contribution >= 4 is 21.9 Å². The van der Waals surface area contributed by atoms with Crippen molar-refractivity contribution in [2.75, 3.05) is 6.61 Å². The van der Waals surface area contributed by atoms with Crippen molar-refractivity contribution in [2.24, 2.45) is 5.92 Å². The number of carbonyl (C=O) groups is 1. The Kier molecular flexibility index (Phi) is 3.54. The van der Waals surface area contributed by atoms with E-state index in [9.17, 15) is 4.79 Å². The number of carboxylic acids is 1. The molecule has 1 N–H and O–H groups in total. The average molecular weight is 299 g/mol. The van der Waals surface area contributed by atoms with Gasteiger partial charge in [0.1, 0.15) is 0 Å². The standard InChI is InChI=1S/C13H15BrO3/c1-2-17-13(7-9(8-13)12(15)16)10-4-3-5-11(14)6-10/h3-6,9H,2,7-8H2,1H3,(H,15,16). The zero-order valence-corrected chi connectivity index (χ0v) is 11.2. The van der Waals surface area contributed by atoms with Gasteiger partial charge in [0.15, 0.2) is 0 Å². The topological polar surface area (TPSA) is 46.5 Å². The average Bonchev–Trinajstić information content (AvgIpc) is 2.22. The van der Waals surface area contributed by atoms with E-state index in [1.165, 1.54) is 0 Å². The third kappa shape index (κ3) is 2.38. The first-order valence-electron chi connectivity index (χ1n) is 5.70. The van der Waals surface area contributed by atoms with Gasteiger partial charge in [-0.1, -0.05) is 28.1 Å². The second-order valence-corrected chi connectivity index (χ2v) is 5.30. The molecule has 1 aromatic rings. The summed E-state index contributed by atoms with van der Waals surface area (Å²) in [6.45, 7) is 2.53. The Bertz CT molecular complexity index is 424. The molecule has 1 aliphatic rings. The lowest BCUT2D eigenvalue weighted by molar-refractivity contribution is -0.170. The minimum atomic E-state index is -0.727. The molecule has 0 spiro atoms. The highest BCUT2D eigenvalue weighted by Crippen LogP contribution is 2.49. The molecule has 17 heavy (non-hydrogen) atoms. The Balaban J connectivity index is 2.22. The molecule has 0 unspecified atom stereocenters. The van der Waals surface area contributed by atoms with Crippen LogP contribution in [0, 0.1) is 5.92 Å². The number of halogens is 1. The summed E-state index contributed by atoms with van der Waals surface area (Å²) in [4.78, 5) is 10.9. The van der Waals surface area contributed by atoms with E-state index < -0.39 is 11.6 Å². The van der Waals surface area contributed by atoms with E-state index >= 15 is 0 Å². The summed E-state index contributed by atoms with van der Waals surface area (Å²) in [5.74, 6) is -1.00. The lowest BCUT2D eigenvalue weighted by atomic mass is 9.67. The van der Waals surface area contributed by atoms with Crippen LogP contribution in [0.1, 0.15) is 25.3 Å². The highest BCUT2D eigenvalue weighted by Gasteiger charge is 2.49. The molecule has 1 saturated carbocycles. The fourth-order valence-electron chi connectivity index (χ4n) is 2.40. The highest BCUT2D eigenvalue weighted by molar-refractivity contribution is 9.10. The lowest BCUT2D eigenvalue weighted by Gasteiger charge is -2.46. The van der Waals surface area contributed by atoms with E-state index in [0.29, 0.717) is 19.4 Å². The molecule has 4 heteroatoms. The van der Waals surface area contributed by atoms with Gasteiger partial charge in [0.2, 0.25) is 0 Å². The summed E-state index contributed by atoms with van der Waals surface area (Å²) in [5.41, 5.74) is 0.660. The third-order valence-corrected chi connectivity index (χ3v) is 3.77. The summed E-state index contributed by atoms with van der Waals surface area (Å²) >= 11 is 3.43. The van der Waals surface area contributed by atoms with Gasteiger partial charge in [-0.2, -0.15) is 0 Å². The number of hydrogen-bond acceptors (Lipinski definition) is 2. The van der Waals surface area contributed by atoms with Crippen LogP contribution >= 0.6 is 15.9 Å². The summed E-state index contributed by atoms with van der Waals surface area (Å²) in [5, 5.41) is 8.97. The van der Waals surface area contributed by atoms with Gasteiger partial charge in [0, 0.05) is 11.1 Å². The molecular weight excluding hydrogens is 284 g/mol. The summed E-state index contributed by atoms with van der Waals surface area (Å²) in [7, 11) is 0. The number of aliphatic carboxylic acids is 1. The molecule has 0 heterocycles. The predicted octanol–water partition coefficient (Wildman–Crippen LogP) is 3.18. The van der Waals surface area contributed by atoms with Crippen molar-refractivity contribution < 1.29 is 14.6 Å². The minimum Gasteiger partial charge on any atom is -0.481 e. The smallest absolute Gasteiger partial charge is 0.306 e. The van der Waals surface area contributed by atoms with Gasteiger partial charge in [-0.05, 0) is 37.5 Å². The van der Waals surface area contributed by atoms with E-state index in [2.05, 4.69) is 15.9 Å². The number of ether oxygens (including phenoxy) is 1. The van der Waals surface area contributed by atoms with Gasteiger partial charge in [-0.15, -0.1) is 0 Å². The molecule has 1 fully saturated rings. The van der Waals surface area contributed by atoms with Gasteiger partial charge in [0.05, 0.1) is 11.5 Å². The van der Waals surface area contributed by atoms with E-state index in [0.717, 1.165) is 10.0 Å². The molecule has 0 radical (unpaired) electrons. The van der Waals surface area contributed by atoms with Crippen LogP contribution in [0.3, 0.4) is 0 Å². The van der Waals surface area contributed by atoms with E-state index in [4.69, 9.17) is 9.84 Å². The van der Waals surface area contributed by atoms with E-state index in [-0.39, 0.29) is 5.92 Å². The molecule has 0 aliphatic heterocycles. The maximum atomic E-state index is 10.9. The van der Waals surface area contributed by atoms with Gasteiger partial charge >= 0.3 is 5.97 Å². The third-order valence-electron chi connectivity index (χ3n) is 3.27. The second kappa shape index (κ2) is 4.78. The minimum absolute atomic E-state index is 0.277. The number of rotatable bonds is 4. The number of hydrogen-bond donors (Lipinski definition) is 1. The Morgan fingerprint density at radius 2 is 2.29 bits per heavy atom. The summed E-state index contributed by atoms with van der Waals surface area (Å²) in [6, 6.07) is 7.91. The number of benzene rings is 1. The highest BCUT2D eigenvalue weighted by atomic mass is 79.9. The van der Waals surface area contributed by atoms with Crippen LogP contribution in [0.25, 0.3) is 0 Å². The molecule has 0 atom stereocenters. The molecular formula is C13H15BrO3. The quantitative estimate of drug-likeness (QED) is 0.929. The van der Waals surface area contributed by atoms with Crippen molar-refractivity contribution in [2.45, 2.75) is 25.4 Å². The zero-order valence-electron chi connectivity index (χ0n) is 9.65. The van der Waals surface area contributed by atoms with Crippen molar-refractivity contribution in [1.29, 1.82) is 0 Å². The fraction of sp³-hybridized carbons (Fsp3) is 0.462. The molecule has 0 amide bonds. The van der Waals surface area contributed by atoms with Crippen LogP contribution in [-0.4, -0.2) is 17.7 Å². The Morgan fingerprint density at radius 3 is 2.82 bits per heavy atom. The maximum Gasteiger partial charge on any atom is 0.306 e. The van der Waals surface area contributed by atoms with Gasteiger partial charge in [-0.25, -0.2) is 0 Å². The van der Waals surface area contributed by atoms with Crippen LogP contribution in [-0.2, 0) is 15.1 Å². The lowest BCUT2D eigenvalue weighted by Crippen LogP contribution is -2.46. The van der Waals surface area contributed by atoms with Gasteiger partial charge in [0.25, 0.3) is 0 Å². The van der Waals surface area contributed by atoms with Crippen LogP contribution in [0.5, 0.6) is 0 Å². The second-order valence-electron chi connectivity index (χ2n) is 4.38. The first-order valence-corrected chi connectivity index (χ1v) is 6.49. The molecule has 1 aromatic carbocycles.